The molecule has 0 radical (unpaired) electrons. The van der Waals surface area contributed by atoms with Crippen LogP contribution in [-0.4, -0.2) is 25.7 Å². The average Bonchev–Trinajstić information content (AvgIpc) is 2.50. The molecule has 5 heteroatoms. The molecular formula is C16H24ClN3O. The number of guanidine groups is 1. The Morgan fingerprint density at radius 3 is 2.81 bits per heavy atom. The van der Waals surface area contributed by atoms with Gasteiger partial charge in [-0.05, 0) is 37.0 Å². The highest BCUT2D eigenvalue weighted by molar-refractivity contribution is 6.31. The molecule has 1 aromatic rings. The van der Waals surface area contributed by atoms with Gasteiger partial charge in [0.1, 0.15) is 5.75 Å². The molecule has 0 heterocycles. The van der Waals surface area contributed by atoms with Crippen molar-refractivity contribution >= 4 is 17.6 Å². The number of benzene rings is 1. The van der Waals surface area contributed by atoms with E-state index in [0.29, 0.717) is 23.6 Å². The van der Waals surface area contributed by atoms with E-state index in [1.807, 2.05) is 18.2 Å². The van der Waals surface area contributed by atoms with Crippen LogP contribution in [0.25, 0.3) is 0 Å². The molecule has 1 aliphatic rings. The van der Waals surface area contributed by atoms with Gasteiger partial charge < -0.3 is 15.8 Å². The van der Waals surface area contributed by atoms with Crippen molar-refractivity contribution in [2.24, 2.45) is 10.7 Å². The Balaban J connectivity index is 1.80. The molecule has 0 bridgehead atoms. The summed E-state index contributed by atoms with van der Waals surface area (Å²) in [6.07, 6.45) is 7.07. The minimum Gasteiger partial charge on any atom is -0.497 e. The summed E-state index contributed by atoms with van der Waals surface area (Å²) in [5.74, 6) is 1.32. The van der Waals surface area contributed by atoms with Gasteiger partial charge in [0.25, 0.3) is 0 Å². The number of hydrogen-bond donors (Lipinski definition) is 2. The fraction of sp³-hybridized carbons (Fsp3) is 0.562. The van der Waals surface area contributed by atoms with E-state index < -0.39 is 0 Å². The molecule has 0 atom stereocenters. The molecule has 1 fully saturated rings. The predicted octanol–water partition coefficient (Wildman–Crippen LogP) is 3.13. The lowest BCUT2D eigenvalue weighted by Gasteiger charge is -2.23. The summed E-state index contributed by atoms with van der Waals surface area (Å²) in [7, 11) is 1.63. The molecular weight excluding hydrogens is 286 g/mol. The van der Waals surface area contributed by atoms with Crippen molar-refractivity contribution in [2.45, 2.75) is 44.6 Å². The minimum atomic E-state index is 0.493. The highest BCUT2D eigenvalue weighted by Gasteiger charge is 2.13. The Hall–Kier alpha value is -1.42. The van der Waals surface area contributed by atoms with E-state index in [0.717, 1.165) is 17.7 Å². The molecule has 2 rings (SSSR count). The van der Waals surface area contributed by atoms with Crippen molar-refractivity contribution in [1.82, 2.24) is 5.32 Å². The zero-order valence-corrected chi connectivity index (χ0v) is 13.3. The van der Waals surface area contributed by atoms with Gasteiger partial charge in [-0.1, -0.05) is 36.9 Å². The number of ether oxygens (including phenoxy) is 1. The molecule has 0 spiro atoms. The second-order valence-electron chi connectivity index (χ2n) is 5.45. The third-order valence-corrected chi connectivity index (χ3v) is 4.23. The summed E-state index contributed by atoms with van der Waals surface area (Å²) >= 11 is 6.20. The van der Waals surface area contributed by atoms with Gasteiger partial charge in [0.2, 0.25) is 0 Å². The Morgan fingerprint density at radius 1 is 1.38 bits per heavy atom. The summed E-state index contributed by atoms with van der Waals surface area (Å²) in [4.78, 5) is 4.39. The number of rotatable bonds is 5. The summed E-state index contributed by atoms with van der Waals surface area (Å²) in [5.41, 5.74) is 7.00. The van der Waals surface area contributed by atoms with Crippen molar-refractivity contribution in [1.29, 1.82) is 0 Å². The SMILES string of the molecule is COc1ccc(CCN=C(N)NC2CCCCC2)c(Cl)c1. The van der Waals surface area contributed by atoms with Crippen LogP contribution in [0.15, 0.2) is 23.2 Å². The van der Waals surface area contributed by atoms with Gasteiger partial charge in [0.05, 0.1) is 7.11 Å². The molecule has 21 heavy (non-hydrogen) atoms. The molecule has 0 unspecified atom stereocenters. The first-order valence-electron chi connectivity index (χ1n) is 7.58. The van der Waals surface area contributed by atoms with Crippen LogP contribution in [-0.2, 0) is 6.42 Å². The third kappa shape index (κ3) is 5.12. The molecule has 3 N–H and O–H groups in total. The van der Waals surface area contributed by atoms with Crippen molar-refractivity contribution in [3.8, 4) is 5.75 Å². The van der Waals surface area contributed by atoms with Crippen molar-refractivity contribution in [3.63, 3.8) is 0 Å². The second kappa shape index (κ2) is 8.13. The van der Waals surface area contributed by atoms with Gasteiger partial charge >= 0.3 is 0 Å². The Bertz CT molecular complexity index is 484. The number of aliphatic imine (C=N–C) groups is 1. The summed E-state index contributed by atoms with van der Waals surface area (Å²) in [6.45, 7) is 0.637. The quantitative estimate of drug-likeness (QED) is 0.649. The van der Waals surface area contributed by atoms with Gasteiger partial charge in [0, 0.05) is 17.6 Å². The molecule has 1 aliphatic carbocycles. The highest BCUT2D eigenvalue weighted by Crippen LogP contribution is 2.22. The lowest BCUT2D eigenvalue weighted by molar-refractivity contribution is 0.412. The van der Waals surface area contributed by atoms with Crippen LogP contribution in [0.2, 0.25) is 5.02 Å². The van der Waals surface area contributed by atoms with E-state index in [1.165, 1.54) is 32.1 Å². The van der Waals surface area contributed by atoms with E-state index >= 15 is 0 Å². The summed E-state index contributed by atoms with van der Waals surface area (Å²) in [5, 5.41) is 4.02. The summed E-state index contributed by atoms with van der Waals surface area (Å²) in [6, 6.07) is 6.20. The van der Waals surface area contributed by atoms with Crippen LogP contribution in [0.1, 0.15) is 37.7 Å². The number of methoxy groups -OCH3 is 1. The monoisotopic (exact) mass is 309 g/mol. The van der Waals surface area contributed by atoms with E-state index in [9.17, 15) is 0 Å². The molecule has 0 saturated heterocycles. The molecule has 0 aromatic heterocycles. The fourth-order valence-electron chi connectivity index (χ4n) is 2.66. The van der Waals surface area contributed by atoms with E-state index in [2.05, 4.69) is 10.3 Å². The lowest BCUT2D eigenvalue weighted by atomic mass is 9.96. The summed E-state index contributed by atoms with van der Waals surface area (Å²) < 4.78 is 5.14. The lowest BCUT2D eigenvalue weighted by Crippen LogP contribution is -2.41. The van der Waals surface area contributed by atoms with Gasteiger partial charge in [0.15, 0.2) is 5.96 Å². The number of nitrogens with one attached hydrogen (secondary N) is 1. The molecule has 116 valence electrons. The molecule has 0 amide bonds. The number of nitrogens with two attached hydrogens (primary N) is 1. The Kier molecular flexibility index (Phi) is 6.18. The van der Waals surface area contributed by atoms with Gasteiger partial charge in [-0.3, -0.25) is 4.99 Å². The van der Waals surface area contributed by atoms with Gasteiger partial charge in [-0.2, -0.15) is 0 Å². The van der Waals surface area contributed by atoms with E-state index in [1.54, 1.807) is 7.11 Å². The van der Waals surface area contributed by atoms with Gasteiger partial charge in [-0.25, -0.2) is 0 Å². The zero-order chi connectivity index (χ0) is 15.1. The number of halogens is 1. The standard InChI is InChI=1S/C16H24ClN3O/c1-21-14-8-7-12(15(17)11-14)9-10-19-16(18)20-13-5-3-2-4-6-13/h7-8,11,13H,2-6,9-10H2,1H3,(H3,18,19,20). The average molecular weight is 310 g/mol. The van der Waals surface area contributed by atoms with Crippen LogP contribution in [0.4, 0.5) is 0 Å². The first-order valence-corrected chi connectivity index (χ1v) is 7.95. The van der Waals surface area contributed by atoms with Crippen LogP contribution in [0, 0.1) is 0 Å². The first kappa shape index (κ1) is 16.0. The van der Waals surface area contributed by atoms with E-state index in [-0.39, 0.29) is 0 Å². The van der Waals surface area contributed by atoms with E-state index in [4.69, 9.17) is 22.1 Å². The number of nitrogens with zero attached hydrogens (tertiary/aromatic N) is 1. The van der Waals surface area contributed by atoms with Gasteiger partial charge in [-0.15, -0.1) is 0 Å². The zero-order valence-electron chi connectivity index (χ0n) is 12.6. The maximum atomic E-state index is 6.20. The van der Waals surface area contributed by atoms with Crippen LogP contribution >= 0.6 is 11.6 Å². The third-order valence-electron chi connectivity index (χ3n) is 3.88. The smallest absolute Gasteiger partial charge is 0.188 e. The Labute approximate surface area is 131 Å². The maximum Gasteiger partial charge on any atom is 0.188 e. The van der Waals surface area contributed by atoms with Crippen LogP contribution < -0.4 is 15.8 Å². The minimum absolute atomic E-state index is 0.493. The van der Waals surface area contributed by atoms with Crippen molar-refractivity contribution < 1.29 is 4.74 Å². The van der Waals surface area contributed by atoms with Crippen LogP contribution in [0.3, 0.4) is 0 Å². The molecule has 4 nitrogen and oxygen atoms in total. The molecule has 1 saturated carbocycles. The molecule has 0 aliphatic heterocycles. The first-order chi connectivity index (χ1) is 10.2. The fourth-order valence-corrected chi connectivity index (χ4v) is 2.92. The highest BCUT2D eigenvalue weighted by atomic mass is 35.5. The second-order valence-corrected chi connectivity index (χ2v) is 5.86. The predicted molar refractivity (Wildman–Crippen MR) is 88.2 cm³/mol. The maximum absolute atomic E-state index is 6.20. The Morgan fingerprint density at radius 2 is 2.14 bits per heavy atom. The topological polar surface area (TPSA) is 59.6 Å². The largest absolute Gasteiger partial charge is 0.497 e. The van der Waals surface area contributed by atoms with Crippen molar-refractivity contribution in [2.75, 3.05) is 13.7 Å². The number of hydrogen-bond acceptors (Lipinski definition) is 2. The van der Waals surface area contributed by atoms with Crippen molar-refractivity contribution in [3.05, 3.63) is 28.8 Å². The van der Waals surface area contributed by atoms with Crippen LogP contribution in [0.5, 0.6) is 5.75 Å². The normalized spacial score (nSPS) is 16.8. The molecule has 1 aromatic carbocycles.